The number of H-pyrrole nitrogens is 1. The van der Waals surface area contributed by atoms with E-state index in [9.17, 15) is 4.79 Å². The SMILES string of the molecule is CCC(=O)c1ccc2nc(-c3ccc(N)o3)[nH]c2c1. The number of aromatic amines is 1. The third-order valence-corrected chi connectivity index (χ3v) is 2.99. The number of nitrogens with zero attached hydrogens (tertiary/aromatic N) is 1. The fourth-order valence-electron chi connectivity index (χ4n) is 1.98. The summed E-state index contributed by atoms with van der Waals surface area (Å²) in [5.41, 5.74) is 7.82. The van der Waals surface area contributed by atoms with Gasteiger partial charge in [0.05, 0.1) is 11.0 Å². The number of benzene rings is 1. The van der Waals surface area contributed by atoms with Gasteiger partial charge in [0.1, 0.15) is 0 Å². The van der Waals surface area contributed by atoms with Crippen LogP contribution in [0.15, 0.2) is 34.7 Å². The number of fused-ring (bicyclic) bond motifs is 1. The van der Waals surface area contributed by atoms with E-state index in [1.54, 1.807) is 18.2 Å². The summed E-state index contributed by atoms with van der Waals surface area (Å²) in [6.45, 7) is 1.84. The molecule has 0 amide bonds. The van der Waals surface area contributed by atoms with Gasteiger partial charge in [-0.2, -0.15) is 0 Å². The third-order valence-electron chi connectivity index (χ3n) is 2.99. The fraction of sp³-hybridized carbons (Fsp3) is 0.143. The molecule has 0 bridgehead atoms. The Kier molecular flexibility index (Phi) is 2.59. The van der Waals surface area contributed by atoms with Crippen LogP contribution >= 0.6 is 0 Å². The Morgan fingerprint density at radius 3 is 2.89 bits per heavy atom. The highest BCUT2D eigenvalue weighted by Crippen LogP contribution is 2.24. The second kappa shape index (κ2) is 4.28. The minimum absolute atomic E-state index is 0.111. The van der Waals surface area contributed by atoms with Crippen LogP contribution in [0.1, 0.15) is 23.7 Å². The summed E-state index contributed by atoms with van der Waals surface area (Å²) in [4.78, 5) is 19.2. The number of hydrogen-bond acceptors (Lipinski definition) is 4. The Balaban J connectivity index is 2.08. The summed E-state index contributed by atoms with van der Waals surface area (Å²) < 4.78 is 5.32. The van der Waals surface area contributed by atoms with Gasteiger partial charge < -0.3 is 15.1 Å². The molecular weight excluding hydrogens is 242 g/mol. The molecule has 5 nitrogen and oxygen atoms in total. The number of carbonyl (C=O) groups is 1. The highest BCUT2D eigenvalue weighted by molar-refractivity contribution is 5.98. The van der Waals surface area contributed by atoms with E-state index >= 15 is 0 Å². The molecule has 0 atom stereocenters. The Hall–Kier alpha value is -2.56. The van der Waals surface area contributed by atoms with Crippen molar-refractivity contribution in [2.45, 2.75) is 13.3 Å². The van der Waals surface area contributed by atoms with Crippen molar-refractivity contribution in [3.63, 3.8) is 0 Å². The minimum atomic E-state index is 0.111. The molecule has 3 N–H and O–H groups in total. The van der Waals surface area contributed by atoms with Crippen LogP contribution in [0.3, 0.4) is 0 Å². The molecule has 19 heavy (non-hydrogen) atoms. The van der Waals surface area contributed by atoms with E-state index in [0.29, 0.717) is 29.5 Å². The topological polar surface area (TPSA) is 84.9 Å². The molecule has 0 aliphatic heterocycles. The number of carbonyl (C=O) groups excluding carboxylic acids is 1. The standard InChI is InChI=1S/C14H13N3O2/c1-2-11(18)8-3-4-9-10(7-8)17-14(16-9)12-5-6-13(15)19-12/h3-7H,2,15H2,1H3,(H,16,17). The molecule has 96 valence electrons. The molecule has 3 rings (SSSR count). The number of anilines is 1. The van der Waals surface area contributed by atoms with Crippen molar-refractivity contribution in [1.29, 1.82) is 0 Å². The van der Waals surface area contributed by atoms with Crippen LogP contribution in [0.4, 0.5) is 5.88 Å². The summed E-state index contributed by atoms with van der Waals surface area (Å²) in [5, 5.41) is 0. The van der Waals surface area contributed by atoms with Gasteiger partial charge in [0.2, 0.25) is 0 Å². The number of hydrogen-bond donors (Lipinski definition) is 2. The highest BCUT2D eigenvalue weighted by Gasteiger charge is 2.11. The molecule has 0 saturated heterocycles. The van der Waals surface area contributed by atoms with E-state index in [-0.39, 0.29) is 5.78 Å². The van der Waals surface area contributed by atoms with Crippen LogP contribution < -0.4 is 5.73 Å². The average Bonchev–Trinajstić information content (AvgIpc) is 3.02. The van der Waals surface area contributed by atoms with Gasteiger partial charge in [-0.25, -0.2) is 4.98 Å². The molecule has 5 heteroatoms. The summed E-state index contributed by atoms with van der Waals surface area (Å²) in [6.07, 6.45) is 0.487. The summed E-state index contributed by atoms with van der Waals surface area (Å²) in [7, 11) is 0. The van der Waals surface area contributed by atoms with Crippen LogP contribution in [0.5, 0.6) is 0 Å². The number of Topliss-reactive ketones (excluding diaryl/α,β-unsaturated/α-hetero) is 1. The molecule has 0 unspecified atom stereocenters. The molecular formula is C14H13N3O2. The van der Waals surface area contributed by atoms with Gasteiger partial charge >= 0.3 is 0 Å². The third kappa shape index (κ3) is 1.99. The van der Waals surface area contributed by atoms with E-state index in [2.05, 4.69) is 9.97 Å². The molecule has 0 spiro atoms. The monoisotopic (exact) mass is 255 g/mol. The first-order valence-electron chi connectivity index (χ1n) is 6.06. The number of aromatic nitrogens is 2. The van der Waals surface area contributed by atoms with Crippen molar-refractivity contribution in [2.75, 3.05) is 5.73 Å². The second-order valence-corrected chi connectivity index (χ2v) is 4.30. The maximum atomic E-state index is 11.7. The van der Waals surface area contributed by atoms with Crippen LogP contribution in [-0.4, -0.2) is 15.8 Å². The lowest BCUT2D eigenvalue weighted by atomic mass is 10.1. The normalized spacial score (nSPS) is 11.0. The van der Waals surface area contributed by atoms with E-state index in [0.717, 1.165) is 11.0 Å². The van der Waals surface area contributed by atoms with Crippen molar-refractivity contribution in [2.24, 2.45) is 0 Å². The maximum Gasteiger partial charge on any atom is 0.191 e. The second-order valence-electron chi connectivity index (χ2n) is 4.30. The van der Waals surface area contributed by atoms with Crippen molar-refractivity contribution < 1.29 is 9.21 Å². The Bertz CT molecular complexity index is 755. The number of imidazole rings is 1. The molecule has 1 aromatic carbocycles. The molecule has 2 aromatic heterocycles. The van der Waals surface area contributed by atoms with Gasteiger partial charge in [0, 0.05) is 18.1 Å². The number of furan rings is 1. The molecule has 0 saturated carbocycles. The molecule has 3 aromatic rings. The average molecular weight is 255 g/mol. The highest BCUT2D eigenvalue weighted by atomic mass is 16.4. The van der Waals surface area contributed by atoms with Crippen LogP contribution in [0, 0.1) is 0 Å². The van der Waals surface area contributed by atoms with Gasteiger partial charge in [-0.05, 0) is 24.3 Å². The van der Waals surface area contributed by atoms with Crippen molar-refractivity contribution >= 4 is 22.7 Å². The van der Waals surface area contributed by atoms with Crippen molar-refractivity contribution in [1.82, 2.24) is 9.97 Å². The molecule has 0 aliphatic rings. The Morgan fingerprint density at radius 2 is 2.21 bits per heavy atom. The number of nitrogens with one attached hydrogen (secondary N) is 1. The van der Waals surface area contributed by atoms with Crippen LogP contribution in [0.2, 0.25) is 0 Å². The van der Waals surface area contributed by atoms with Crippen molar-refractivity contribution in [3.05, 3.63) is 35.9 Å². The Labute approximate surface area is 109 Å². The van der Waals surface area contributed by atoms with E-state index in [1.165, 1.54) is 0 Å². The summed E-state index contributed by atoms with van der Waals surface area (Å²) in [5.74, 6) is 1.64. The van der Waals surface area contributed by atoms with E-state index in [1.807, 2.05) is 19.1 Å². The number of nitrogen functional groups attached to an aromatic ring is 1. The molecule has 0 aliphatic carbocycles. The number of nitrogens with two attached hydrogens (primary N) is 1. The van der Waals surface area contributed by atoms with E-state index < -0.39 is 0 Å². The zero-order chi connectivity index (χ0) is 13.4. The summed E-state index contributed by atoms with van der Waals surface area (Å²) >= 11 is 0. The first kappa shape index (κ1) is 11.5. The zero-order valence-electron chi connectivity index (χ0n) is 10.4. The van der Waals surface area contributed by atoms with Crippen LogP contribution in [-0.2, 0) is 0 Å². The van der Waals surface area contributed by atoms with Crippen LogP contribution in [0.25, 0.3) is 22.6 Å². The lowest BCUT2D eigenvalue weighted by molar-refractivity contribution is 0.0988. The largest absolute Gasteiger partial charge is 0.438 e. The zero-order valence-corrected chi connectivity index (χ0v) is 10.4. The van der Waals surface area contributed by atoms with Gasteiger partial charge in [-0.3, -0.25) is 4.79 Å². The number of ketones is 1. The van der Waals surface area contributed by atoms with Crippen molar-refractivity contribution in [3.8, 4) is 11.6 Å². The maximum absolute atomic E-state index is 11.7. The van der Waals surface area contributed by atoms with Gasteiger partial charge in [-0.1, -0.05) is 6.92 Å². The fourth-order valence-corrected chi connectivity index (χ4v) is 1.98. The number of rotatable bonds is 3. The first-order valence-corrected chi connectivity index (χ1v) is 6.06. The smallest absolute Gasteiger partial charge is 0.191 e. The first-order chi connectivity index (χ1) is 9.17. The van der Waals surface area contributed by atoms with Gasteiger partial charge in [0.15, 0.2) is 23.3 Å². The lowest BCUT2D eigenvalue weighted by Crippen LogP contribution is -1.95. The van der Waals surface area contributed by atoms with Gasteiger partial charge in [-0.15, -0.1) is 0 Å². The van der Waals surface area contributed by atoms with Gasteiger partial charge in [0.25, 0.3) is 0 Å². The minimum Gasteiger partial charge on any atom is -0.438 e. The molecule has 2 heterocycles. The molecule has 0 fully saturated rings. The predicted molar refractivity (Wildman–Crippen MR) is 72.8 cm³/mol. The van der Waals surface area contributed by atoms with E-state index in [4.69, 9.17) is 10.2 Å². The predicted octanol–water partition coefficient (Wildman–Crippen LogP) is 3.00. The lowest BCUT2D eigenvalue weighted by Gasteiger charge is -1.96. The quantitative estimate of drug-likeness (QED) is 0.704. The Morgan fingerprint density at radius 1 is 1.37 bits per heavy atom. The molecule has 0 radical (unpaired) electrons. The summed E-state index contributed by atoms with van der Waals surface area (Å²) in [6, 6.07) is 8.85.